The third-order valence-electron chi connectivity index (χ3n) is 9.09. The lowest BCUT2D eigenvalue weighted by atomic mass is 9.75. The van der Waals surface area contributed by atoms with Crippen LogP contribution in [0.15, 0.2) is 48.9 Å². The molecule has 6 rings (SSSR count). The standard InChI is InChI=1S/C32H35F2N9O2/c1-19-16-42(17-25(36)30(19)41(3)20(2)44)28-6-9-37-15-27(28)39-31-38-14-22-4-5-26(40-43(22)31)29-23(33)12-21(13-24(29)34)32(18-35)7-10-45-11-8-32/h4-6,9,12-15,19,25,30H,7-8,10-11,16-17,36H2,1-3H3,(H,38,39)/t19-,25+,30-/m0/s1. The Morgan fingerprint density at radius 1 is 1.18 bits per heavy atom. The van der Waals surface area contributed by atoms with E-state index < -0.39 is 17.0 Å². The van der Waals surface area contributed by atoms with Gasteiger partial charge in [-0.2, -0.15) is 14.9 Å². The van der Waals surface area contributed by atoms with Gasteiger partial charge in [0.25, 0.3) is 0 Å². The molecule has 2 aliphatic rings. The van der Waals surface area contributed by atoms with Gasteiger partial charge in [0, 0.05) is 52.5 Å². The fourth-order valence-electron chi connectivity index (χ4n) is 6.65. The first kappa shape index (κ1) is 30.4. The molecule has 0 unspecified atom stereocenters. The maximum absolute atomic E-state index is 15.6. The number of rotatable bonds is 6. The number of anilines is 3. The Kier molecular flexibility index (Phi) is 8.11. The van der Waals surface area contributed by atoms with Gasteiger partial charge < -0.3 is 25.6 Å². The molecular formula is C32H35F2N9O2. The number of fused-ring (bicyclic) bond motifs is 1. The van der Waals surface area contributed by atoms with E-state index in [0.29, 0.717) is 61.9 Å². The van der Waals surface area contributed by atoms with Gasteiger partial charge in [-0.1, -0.05) is 6.92 Å². The molecule has 0 spiro atoms. The lowest BCUT2D eigenvalue weighted by molar-refractivity contribution is -0.131. The Morgan fingerprint density at radius 2 is 1.91 bits per heavy atom. The smallest absolute Gasteiger partial charge is 0.229 e. The summed E-state index contributed by atoms with van der Waals surface area (Å²) in [4.78, 5) is 24.7. The summed E-state index contributed by atoms with van der Waals surface area (Å²) < 4.78 is 38.0. The highest BCUT2D eigenvalue weighted by Crippen LogP contribution is 2.38. The predicted molar refractivity (Wildman–Crippen MR) is 165 cm³/mol. The topological polar surface area (TPSA) is 138 Å². The molecule has 13 heteroatoms. The Balaban J connectivity index is 1.30. The number of carbonyl (C=O) groups excluding carboxylic acids is 1. The van der Waals surface area contributed by atoms with Crippen LogP contribution in [0.25, 0.3) is 16.8 Å². The van der Waals surface area contributed by atoms with Crippen molar-refractivity contribution >= 4 is 28.7 Å². The largest absolute Gasteiger partial charge is 0.381 e. The molecule has 234 valence electrons. The summed E-state index contributed by atoms with van der Waals surface area (Å²) in [5.41, 5.74) is 7.77. The number of carbonyl (C=O) groups is 1. The van der Waals surface area contributed by atoms with Crippen LogP contribution >= 0.6 is 0 Å². The summed E-state index contributed by atoms with van der Waals surface area (Å²) in [6.07, 6.45) is 5.70. The van der Waals surface area contributed by atoms with Crippen LogP contribution in [0.1, 0.15) is 32.3 Å². The molecule has 5 heterocycles. The number of piperidine rings is 1. The summed E-state index contributed by atoms with van der Waals surface area (Å²) in [5.74, 6) is -1.20. The first-order chi connectivity index (χ1) is 21.6. The average molecular weight is 616 g/mol. The molecule has 2 fully saturated rings. The number of pyridine rings is 1. The molecular weight excluding hydrogens is 580 g/mol. The third kappa shape index (κ3) is 5.55. The number of nitriles is 1. The van der Waals surface area contributed by atoms with E-state index >= 15 is 8.78 Å². The number of amides is 1. The molecule has 1 aromatic carbocycles. The molecule has 0 saturated carbocycles. The van der Waals surface area contributed by atoms with Crippen molar-refractivity contribution in [3.63, 3.8) is 0 Å². The number of hydrogen-bond acceptors (Lipinski definition) is 9. The minimum atomic E-state index is -1.00. The van der Waals surface area contributed by atoms with Gasteiger partial charge >= 0.3 is 0 Å². The van der Waals surface area contributed by atoms with Gasteiger partial charge in [-0.15, -0.1) is 0 Å². The molecule has 4 aromatic rings. The van der Waals surface area contributed by atoms with Crippen molar-refractivity contribution in [3.05, 3.63) is 66.1 Å². The monoisotopic (exact) mass is 615 g/mol. The Bertz CT molecular complexity index is 1750. The zero-order valence-electron chi connectivity index (χ0n) is 25.4. The van der Waals surface area contributed by atoms with E-state index in [1.807, 2.05) is 6.07 Å². The normalized spacial score (nSPS) is 21.4. The predicted octanol–water partition coefficient (Wildman–Crippen LogP) is 4.02. The van der Waals surface area contributed by atoms with Gasteiger partial charge in [0.15, 0.2) is 0 Å². The molecule has 45 heavy (non-hydrogen) atoms. The fraction of sp³-hybridized carbons (Fsp3) is 0.406. The summed E-state index contributed by atoms with van der Waals surface area (Å²) in [7, 11) is 1.78. The first-order valence-electron chi connectivity index (χ1n) is 14.9. The number of halogens is 2. The molecule has 0 radical (unpaired) electrons. The number of benzene rings is 1. The van der Waals surface area contributed by atoms with E-state index in [9.17, 15) is 10.1 Å². The summed E-state index contributed by atoms with van der Waals surface area (Å²) >= 11 is 0. The minimum absolute atomic E-state index is 0.0267. The van der Waals surface area contributed by atoms with Crippen LogP contribution in [0.5, 0.6) is 0 Å². The lowest BCUT2D eigenvalue weighted by Crippen LogP contribution is -2.62. The van der Waals surface area contributed by atoms with Gasteiger partial charge in [0.2, 0.25) is 11.9 Å². The number of ether oxygens (including phenoxy) is 1. The zero-order valence-corrected chi connectivity index (χ0v) is 25.4. The van der Waals surface area contributed by atoms with Crippen molar-refractivity contribution in [3.8, 4) is 17.3 Å². The van der Waals surface area contributed by atoms with Crippen molar-refractivity contribution < 1.29 is 18.3 Å². The Labute approximate surface area is 259 Å². The maximum Gasteiger partial charge on any atom is 0.229 e. The maximum atomic E-state index is 15.6. The van der Waals surface area contributed by atoms with E-state index in [-0.39, 0.29) is 35.2 Å². The second-order valence-electron chi connectivity index (χ2n) is 11.9. The number of aromatic nitrogens is 4. The average Bonchev–Trinajstić information content (AvgIpc) is 3.42. The van der Waals surface area contributed by atoms with Crippen LogP contribution in [0, 0.1) is 28.9 Å². The van der Waals surface area contributed by atoms with Crippen molar-refractivity contribution in [2.45, 2.75) is 44.2 Å². The summed E-state index contributed by atoms with van der Waals surface area (Å²) in [5, 5.41) is 17.7. The molecule has 3 N–H and O–H groups in total. The van der Waals surface area contributed by atoms with Crippen molar-refractivity contribution in [2.24, 2.45) is 11.7 Å². The van der Waals surface area contributed by atoms with Gasteiger partial charge in [0.1, 0.15) is 11.6 Å². The minimum Gasteiger partial charge on any atom is -0.381 e. The molecule has 2 aliphatic heterocycles. The van der Waals surface area contributed by atoms with Crippen LogP contribution < -0.4 is 16.0 Å². The van der Waals surface area contributed by atoms with Crippen molar-refractivity contribution in [2.75, 3.05) is 43.6 Å². The van der Waals surface area contributed by atoms with Gasteiger partial charge in [-0.3, -0.25) is 9.78 Å². The van der Waals surface area contributed by atoms with Crippen molar-refractivity contribution in [1.82, 2.24) is 24.5 Å². The summed E-state index contributed by atoms with van der Waals surface area (Å²) in [6, 6.07) is 9.47. The Morgan fingerprint density at radius 3 is 2.58 bits per heavy atom. The second kappa shape index (κ2) is 12.0. The van der Waals surface area contributed by atoms with Crippen LogP contribution in [-0.2, 0) is 14.9 Å². The molecule has 0 bridgehead atoms. The molecule has 3 atom stereocenters. The number of likely N-dealkylation sites (N-methyl/N-ethyl adjacent to an activating group) is 1. The Hall–Kier alpha value is -4.67. The van der Waals surface area contributed by atoms with Crippen molar-refractivity contribution in [1.29, 1.82) is 5.26 Å². The number of hydrogen-bond donors (Lipinski definition) is 2. The molecule has 0 aliphatic carbocycles. The molecule has 3 aromatic heterocycles. The number of nitrogens with one attached hydrogen (secondary N) is 1. The molecule has 11 nitrogen and oxygen atoms in total. The highest BCUT2D eigenvalue weighted by Gasteiger charge is 2.38. The second-order valence-corrected chi connectivity index (χ2v) is 11.9. The number of imidazole rings is 1. The van der Waals surface area contributed by atoms with Crippen LogP contribution in [-0.4, -0.2) is 75.8 Å². The van der Waals surface area contributed by atoms with E-state index in [4.69, 9.17) is 10.5 Å². The van der Waals surface area contributed by atoms with E-state index in [0.717, 1.165) is 5.69 Å². The highest BCUT2D eigenvalue weighted by atomic mass is 19.1. The first-order valence-corrected chi connectivity index (χ1v) is 14.9. The highest BCUT2D eigenvalue weighted by molar-refractivity contribution is 5.75. The molecule has 2 saturated heterocycles. The number of nitrogens with zero attached hydrogens (tertiary/aromatic N) is 7. The SMILES string of the molecule is CC(=O)N(C)[C@@H]1[C@H](N)CN(c2ccncc2Nc2ncc3ccc(-c4c(F)cc(C5(C#N)CCOCC5)cc4F)nn23)C[C@@H]1C. The van der Waals surface area contributed by atoms with E-state index in [1.54, 1.807) is 43.5 Å². The van der Waals surface area contributed by atoms with Crippen LogP contribution in [0.3, 0.4) is 0 Å². The summed E-state index contributed by atoms with van der Waals surface area (Å²) in [6.45, 7) is 5.51. The van der Waals surface area contributed by atoms with Crippen LogP contribution in [0.2, 0.25) is 0 Å². The molecule has 1 amide bonds. The zero-order chi connectivity index (χ0) is 31.9. The quantitative estimate of drug-likeness (QED) is 0.330. The van der Waals surface area contributed by atoms with Gasteiger partial charge in [0.05, 0.1) is 58.1 Å². The van der Waals surface area contributed by atoms with Crippen LogP contribution in [0.4, 0.5) is 26.1 Å². The third-order valence-corrected chi connectivity index (χ3v) is 9.09. The van der Waals surface area contributed by atoms with Gasteiger partial charge in [-0.25, -0.2) is 13.8 Å². The lowest BCUT2D eigenvalue weighted by Gasteiger charge is -2.46. The van der Waals surface area contributed by atoms with E-state index in [1.165, 1.54) is 22.7 Å². The fourth-order valence-corrected chi connectivity index (χ4v) is 6.65. The number of nitrogens with two attached hydrogens (primary N) is 1. The van der Waals surface area contributed by atoms with Gasteiger partial charge in [-0.05, 0) is 54.7 Å². The van der Waals surface area contributed by atoms with E-state index in [2.05, 4.69) is 38.3 Å².